The van der Waals surface area contributed by atoms with Crippen LogP contribution in [0.4, 0.5) is 0 Å². The monoisotopic (exact) mass is 527 g/mol. The molecular formula is C38H25NO2. The van der Waals surface area contributed by atoms with Crippen molar-refractivity contribution in [3.63, 3.8) is 0 Å². The number of benzene rings is 6. The molecule has 1 heterocycles. The third-order valence-corrected chi connectivity index (χ3v) is 13.4. The van der Waals surface area contributed by atoms with E-state index in [2.05, 4.69) is 56.1 Å². The number of rotatable bonds is 1. The summed E-state index contributed by atoms with van der Waals surface area (Å²) in [5, 5.41) is 33.2. The summed E-state index contributed by atoms with van der Waals surface area (Å²) in [5.41, 5.74) is 8.73. The molecule has 1 fully saturated rings. The van der Waals surface area contributed by atoms with Crippen LogP contribution in [-0.2, 0) is 17.6 Å². The maximum absolute atomic E-state index is 13.1. The zero-order chi connectivity index (χ0) is 26.7. The Morgan fingerprint density at radius 3 is 2.17 bits per heavy atom. The Bertz CT molecular complexity index is 2710. The zero-order valence-corrected chi connectivity index (χ0v) is 23.1. The first-order chi connectivity index (χ1) is 19.9. The number of carbonyl (C=O) groups is 1. The third-order valence-electron chi connectivity index (χ3n) is 13.4. The Kier molecular flexibility index (Phi) is 2.61. The van der Waals surface area contributed by atoms with Crippen molar-refractivity contribution in [3.05, 3.63) is 63.4 Å². The van der Waals surface area contributed by atoms with Gasteiger partial charge >= 0.3 is 5.97 Å². The molecule has 8 aromatic carbocycles. The molecule has 0 aromatic heterocycles. The maximum Gasteiger partial charge on any atom is 0.321 e. The molecule has 3 nitrogen and oxygen atoms in total. The average molecular weight is 528 g/mol. The lowest BCUT2D eigenvalue weighted by atomic mass is 9.65. The fourth-order valence-electron chi connectivity index (χ4n) is 12.1. The second-order valence-electron chi connectivity index (χ2n) is 14.9. The van der Waals surface area contributed by atoms with Crippen molar-refractivity contribution in [1.29, 1.82) is 0 Å². The summed E-state index contributed by atoms with van der Waals surface area (Å²) in [4.78, 5) is 15.3. The Labute approximate surface area is 234 Å². The molecule has 0 bridgehead atoms. The first-order valence-corrected chi connectivity index (χ1v) is 15.3. The van der Waals surface area contributed by atoms with E-state index in [4.69, 9.17) is 0 Å². The minimum Gasteiger partial charge on any atom is -0.480 e. The van der Waals surface area contributed by atoms with Gasteiger partial charge < -0.3 is 5.11 Å². The number of aliphatic carboxylic acids is 1. The number of fused-ring (bicyclic) bond motifs is 3. The lowest BCUT2D eigenvalue weighted by Gasteiger charge is -2.39. The average Bonchev–Trinajstić information content (AvgIpc) is 3.70. The topological polar surface area (TPSA) is 40.5 Å². The molecule has 0 saturated carbocycles. The van der Waals surface area contributed by atoms with Crippen molar-refractivity contribution in [3.8, 4) is 0 Å². The van der Waals surface area contributed by atoms with E-state index < -0.39 is 12.0 Å². The summed E-state index contributed by atoms with van der Waals surface area (Å²) in [6.45, 7) is 4.62. The zero-order valence-electron chi connectivity index (χ0n) is 23.1. The molecule has 1 N–H and O–H groups in total. The summed E-state index contributed by atoms with van der Waals surface area (Å²) < 4.78 is 0. The molecule has 0 spiro atoms. The minimum absolute atomic E-state index is 0.0180. The number of carboxylic acids is 1. The summed E-state index contributed by atoms with van der Waals surface area (Å²) in [6.07, 6.45) is 3.13. The van der Waals surface area contributed by atoms with E-state index in [1.54, 1.807) is 32.9 Å². The SMILES string of the molecule is CN1C(C(=O)O)C2c3cc4c5c6c(cc7ccc8cc9c%10c%11c%12c(c3c5c%12c3c%10c8c7c63)=C(CC%11C9)C2C1(C)C)C4. The van der Waals surface area contributed by atoms with Crippen LogP contribution in [0.1, 0.15) is 59.9 Å². The second-order valence-corrected chi connectivity index (χ2v) is 14.9. The van der Waals surface area contributed by atoms with Gasteiger partial charge in [0.25, 0.3) is 0 Å². The van der Waals surface area contributed by atoms with Gasteiger partial charge in [-0.05, 0) is 155 Å². The highest BCUT2D eigenvalue weighted by Crippen LogP contribution is 2.65. The van der Waals surface area contributed by atoms with Crippen LogP contribution < -0.4 is 5.22 Å². The fourth-order valence-corrected chi connectivity index (χ4v) is 12.1. The van der Waals surface area contributed by atoms with Gasteiger partial charge in [-0.3, -0.25) is 9.69 Å². The highest BCUT2D eigenvalue weighted by molar-refractivity contribution is 6.54. The first kappa shape index (κ1) is 20.0. The Hall–Kier alpha value is -3.95. The van der Waals surface area contributed by atoms with Gasteiger partial charge in [0.1, 0.15) is 6.04 Å². The van der Waals surface area contributed by atoms with E-state index >= 15 is 0 Å². The van der Waals surface area contributed by atoms with Crippen molar-refractivity contribution in [1.82, 2.24) is 4.90 Å². The van der Waals surface area contributed by atoms with Gasteiger partial charge in [-0.25, -0.2) is 0 Å². The molecule has 5 aliphatic rings. The highest BCUT2D eigenvalue weighted by Gasteiger charge is 2.59. The standard InChI is InChI=1S/C38H25NO2/c1-38(2)35-19-11-17-9-15-7-13-5-4-12-6-14-8-16-10-18(28(35)36(37(40)41)39(38)3)26-27(19)32-25(17)23(15)30-21(13)20(12)29-22(14)24(16)31(26)34(32)33(29)30/h4-7,10,17,28,35-36H,8-9,11H2,1-3H3,(H,40,41). The Balaban J connectivity index is 1.43. The predicted molar refractivity (Wildman–Crippen MR) is 166 cm³/mol. The molecule has 4 unspecified atom stereocenters. The number of likely N-dealkylation sites (N-methyl/N-ethyl adjacent to an activating group) is 1. The van der Waals surface area contributed by atoms with Gasteiger partial charge in [0, 0.05) is 17.4 Å². The third kappa shape index (κ3) is 1.61. The number of hydrogen-bond acceptors (Lipinski definition) is 2. The molecule has 4 atom stereocenters. The van der Waals surface area contributed by atoms with Gasteiger partial charge in [0.2, 0.25) is 0 Å². The Morgan fingerprint density at radius 1 is 0.780 bits per heavy atom. The fraction of sp³-hybridized carbons (Fsp3) is 0.289. The van der Waals surface area contributed by atoms with E-state index in [1.807, 2.05) is 0 Å². The molecule has 0 amide bonds. The summed E-state index contributed by atoms with van der Waals surface area (Å²) in [7, 11) is 2.06. The van der Waals surface area contributed by atoms with Crippen LogP contribution in [-0.4, -0.2) is 34.6 Å². The van der Waals surface area contributed by atoms with Crippen LogP contribution in [0.3, 0.4) is 0 Å². The van der Waals surface area contributed by atoms with Gasteiger partial charge in [-0.2, -0.15) is 0 Å². The van der Waals surface area contributed by atoms with E-state index in [0.717, 1.165) is 19.3 Å². The summed E-state index contributed by atoms with van der Waals surface area (Å²) in [5.74, 6) is 0.00785. The van der Waals surface area contributed by atoms with Crippen LogP contribution >= 0.6 is 0 Å². The molecule has 194 valence electrons. The first-order valence-electron chi connectivity index (χ1n) is 15.3. The molecule has 8 aromatic rings. The second kappa shape index (κ2) is 5.34. The molecule has 3 heteroatoms. The van der Waals surface area contributed by atoms with E-state index in [0.29, 0.717) is 5.92 Å². The number of nitrogens with zero attached hydrogens (tertiary/aromatic N) is 1. The van der Waals surface area contributed by atoms with Crippen molar-refractivity contribution in [2.24, 2.45) is 5.92 Å². The van der Waals surface area contributed by atoms with Gasteiger partial charge in [-0.1, -0.05) is 35.9 Å². The number of likely N-dealkylation sites (tertiary alicyclic amines) is 1. The van der Waals surface area contributed by atoms with E-state index in [1.165, 1.54) is 81.2 Å². The minimum atomic E-state index is -0.676. The quantitative estimate of drug-likeness (QED) is 0.229. The molecule has 41 heavy (non-hydrogen) atoms. The highest BCUT2D eigenvalue weighted by atomic mass is 16.4. The largest absolute Gasteiger partial charge is 0.480 e. The van der Waals surface area contributed by atoms with Gasteiger partial charge in [-0.15, -0.1) is 0 Å². The lowest BCUT2D eigenvalue weighted by molar-refractivity contribution is -0.143. The molecule has 0 radical (unpaired) electrons. The van der Waals surface area contributed by atoms with E-state index in [-0.39, 0.29) is 17.4 Å². The molecule has 4 aliphatic carbocycles. The van der Waals surface area contributed by atoms with Gasteiger partial charge in [0.15, 0.2) is 0 Å². The van der Waals surface area contributed by atoms with Crippen LogP contribution in [0.2, 0.25) is 0 Å². The smallest absolute Gasteiger partial charge is 0.321 e. The van der Waals surface area contributed by atoms with Crippen LogP contribution in [0, 0.1) is 5.92 Å². The van der Waals surface area contributed by atoms with Crippen LogP contribution in [0.25, 0.3) is 81.0 Å². The molecule has 1 saturated heterocycles. The van der Waals surface area contributed by atoms with Crippen molar-refractivity contribution >= 4 is 86.9 Å². The van der Waals surface area contributed by atoms with Gasteiger partial charge in [0.05, 0.1) is 0 Å². The molecule has 13 rings (SSSR count). The molecular weight excluding hydrogens is 502 g/mol. The van der Waals surface area contributed by atoms with Crippen molar-refractivity contribution in [2.45, 2.75) is 56.5 Å². The van der Waals surface area contributed by atoms with Crippen LogP contribution in [0.5, 0.6) is 0 Å². The van der Waals surface area contributed by atoms with Crippen molar-refractivity contribution in [2.75, 3.05) is 7.05 Å². The van der Waals surface area contributed by atoms with Crippen molar-refractivity contribution < 1.29 is 9.90 Å². The number of carboxylic acid groups (broad SMARTS) is 1. The predicted octanol–water partition coefficient (Wildman–Crippen LogP) is 7.22. The molecule has 1 aliphatic heterocycles. The van der Waals surface area contributed by atoms with E-state index in [9.17, 15) is 9.90 Å². The summed E-state index contributed by atoms with van der Waals surface area (Å²) in [6, 6.07) is 11.8. The van der Waals surface area contributed by atoms with Crippen LogP contribution in [0.15, 0.2) is 30.3 Å². The Morgan fingerprint density at radius 2 is 1.41 bits per heavy atom. The maximum atomic E-state index is 13.1. The normalized spacial score (nSPS) is 27.3. The lowest BCUT2D eigenvalue weighted by Crippen LogP contribution is -2.45. The number of hydrogen-bond donors (Lipinski definition) is 1. The summed E-state index contributed by atoms with van der Waals surface area (Å²) >= 11 is 0.